The zero-order valence-electron chi connectivity index (χ0n) is 24.0. The number of hydrogen-bond acceptors (Lipinski definition) is 7. The Balaban J connectivity index is 1.22. The molecule has 2 aliphatic carbocycles. The summed E-state index contributed by atoms with van der Waals surface area (Å²) in [6.45, 7) is 7.14. The molecule has 0 amide bonds. The summed E-state index contributed by atoms with van der Waals surface area (Å²) in [5, 5.41) is 13.1. The van der Waals surface area contributed by atoms with Gasteiger partial charge in [0.05, 0.1) is 15.0 Å². The molecular weight excluding hydrogens is 571 g/mol. The van der Waals surface area contributed by atoms with Crippen molar-refractivity contribution in [3.05, 3.63) is 83.4 Å². The molecule has 0 radical (unpaired) electrons. The fraction of sp³-hybridized carbons (Fsp3) is 0.406. The van der Waals surface area contributed by atoms with Crippen molar-refractivity contribution >= 4 is 25.6 Å². The van der Waals surface area contributed by atoms with Crippen molar-refractivity contribution in [2.24, 2.45) is 10.6 Å². The number of benzene rings is 3. The molecule has 8 nitrogen and oxygen atoms in total. The van der Waals surface area contributed by atoms with E-state index in [9.17, 15) is 22.0 Å². The van der Waals surface area contributed by atoms with Gasteiger partial charge in [0.2, 0.25) is 10.0 Å². The Morgan fingerprint density at radius 3 is 1.95 bits per heavy atom. The second kappa shape index (κ2) is 10.9. The summed E-state index contributed by atoms with van der Waals surface area (Å²) >= 11 is 0. The molecule has 222 valence electrons. The standard InChI is InChI=1S/C32H37N3O5S2/c1-32(2)14-12-24(13-15-32)41(37,38)25-8-10-27-28-11-9-26(21-30(28)31(33-36)29(27)20-25)42(39,40)35-18-16-34(17-19-35)22-23-6-4-3-5-7-23/h3-11,20-21,24,36H,12-19,22H2,1-2H3/b33-31+. The zero-order chi connectivity index (χ0) is 29.7. The van der Waals surface area contributed by atoms with E-state index >= 15 is 0 Å². The minimum absolute atomic E-state index is 0.129. The molecule has 1 heterocycles. The summed E-state index contributed by atoms with van der Waals surface area (Å²) in [5.41, 5.74) is 3.94. The lowest BCUT2D eigenvalue weighted by atomic mass is 9.77. The summed E-state index contributed by atoms with van der Waals surface area (Å²) in [4.78, 5) is 2.59. The molecule has 1 saturated heterocycles. The average molecular weight is 608 g/mol. The first-order valence-electron chi connectivity index (χ1n) is 14.5. The van der Waals surface area contributed by atoms with Crippen LogP contribution in [0.3, 0.4) is 0 Å². The average Bonchev–Trinajstić information content (AvgIpc) is 3.30. The largest absolute Gasteiger partial charge is 0.410 e. The summed E-state index contributed by atoms with van der Waals surface area (Å²) in [5.74, 6) is 0. The number of nitrogens with zero attached hydrogens (tertiary/aromatic N) is 3. The Labute approximate surface area is 248 Å². The molecule has 1 aliphatic heterocycles. The van der Waals surface area contributed by atoms with E-state index in [0.29, 0.717) is 55.7 Å². The van der Waals surface area contributed by atoms with Crippen LogP contribution in [0.2, 0.25) is 0 Å². The number of fused-ring (bicyclic) bond motifs is 3. The summed E-state index contributed by atoms with van der Waals surface area (Å²) < 4.78 is 55.9. The normalized spacial score (nSPS) is 20.9. The van der Waals surface area contributed by atoms with Gasteiger partial charge in [-0.2, -0.15) is 4.31 Å². The van der Waals surface area contributed by atoms with Gasteiger partial charge in [-0.1, -0.05) is 61.5 Å². The minimum atomic E-state index is -3.78. The maximum atomic E-state index is 13.7. The highest BCUT2D eigenvalue weighted by molar-refractivity contribution is 7.92. The molecule has 1 saturated carbocycles. The van der Waals surface area contributed by atoms with Crippen molar-refractivity contribution < 1.29 is 22.0 Å². The molecule has 3 aromatic carbocycles. The highest BCUT2D eigenvalue weighted by atomic mass is 32.2. The molecule has 0 atom stereocenters. The lowest BCUT2D eigenvalue weighted by Crippen LogP contribution is -2.48. The molecule has 3 aromatic rings. The third-order valence-corrected chi connectivity index (χ3v) is 13.3. The Morgan fingerprint density at radius 1 is 0.786 bits per heavy atom. The smallest absolute Gasteiger partial charge is 0.243 e. The molecule has 0 spiro atoms. The zero-order valence-corrected chi connectivity index (χ0v) is 25.7. The van der Waals surface area contributed by atoms with Crippen molar-refractivity contribution in [3.8, 4) is 11.1 Å². The van der Waals surface area contributed by atoms with E-state index in [-0.39, 0.29) is 20.9 Å². The van der Waals surface area contributed by atoms with Crippen LogP contribution in [0.15, 0.2) is 81.7 Å². The van der Waals surface area contributed by atoms with E-state index in [1.165, 1.54) is 9.87 Å². The van der Waals surface area contributed by atoms with Crippen molar-refractivity contribution in [2.45, 2.75) is 61.1 Å². The molecule has 1 N–H and O–H groups in total. The Bertz CT molecular complexity index is 1730. The Morgan fingerprint density at radius 2 is 1.36 bits per heavy atom. The van der Waals surface area contributed by atoms with Gasteiger partial charge in [0.1, 0.15) is 5.71 Å². The van der Waals surface area contributed by atoms with Crippen molar-refractivity contribution in [2.75, 3.05) is 26.2 Å². The molecule has 0 unspecified atom stereocenters. The summed E-state index contributed by atoms with van der Waals surface area (Å²) in [7, 11) is -7.35. The van der Waals surface area contributed by atoms with Gasteiger partial charge in [0, 0.05) is 43.9 Å². The van der Waals surface area contributed by atoms with Crippen LogP contribution in [0.5, 0.6) is 0 Å². The summed E-state index contributed by atoms with van der Waals surface area (Å²) in [6.07, 6.45) is 2.95. The second-order valence-corrected chi connectivity index (χ2v) is 16.6. The predicted octanol–water partition coefficient (Wildman–Crippen LogP) is 5.14. The molecule has 42 heavy (non-hydrogen) atoms. The Hall–Kier alpha value is -3.05. The van der Waals surface area contributed by atoms with Crippen molar-refractivity contribution in [3.63, 3.8) is 0 Å². The first-order chi connectivity index (χ1) is 20.0. The first-order valence-corrected chi connectivity index (χ1v) is 17.5. The van der Waals surface area contributed by atoms with Crippen LogP contribution < -0.4 is 0 Å². The third-order valence-electron chi connectivity index (χ3n) is 9.15. The topological polar surface area (TPSA) is 107 Å². The molecular formula is C32H37N3O5S2. The number of piperazine rings is 1. The number of hydrogen-bond donors (Lipinski definition) is 1. The van der Waals surface area contributed by atoms with Gasteiger partial charge in [0.15, 0.2) is 9.84 Å². The predicted molar refractivity (Wildman–Crippen MR) is 163 cm³/mol. The van der Waals surface area contributed by atoms with Crippen molar-refractivity contribution in [1.82, 2.24) is 9.21 Å². The fourth-order valence-corrected chi connectivity index (χ4v) is 9.72. The van der Waals surface area contributed by atoms with E-state index in [1.807, 2.05) is 18.2 Å². The van der Waals surface area contributed by atoms with E-state index in [0.717, 1.165) is 24.9 Å². The molecule has 0 aromatic heterocycles. The van der Waals surface area contributed by atoms with Crippen LogP contribution in [0.4, 0.5) is 0 Å². The minimum Gasteiger partial charge on any atom is -0.410 e. The van der Waals surface area contributed by atoms with Gasteiger partial charge >= 0.3 is 0 Å². The van der Waals surface area contributed by atoms with Gasteiger partial charge < -0.3 is 5.21 Å². The van der Waals surface area contributed by atoms with Gasteiger partial charge in [-0.05, 0) is 72.1 Å². The van der Waals surface area contributed by atoms with Crippen LogP contribution in [0, 0.1) is 5.41 Å². The van der Waals surface area contributed by atoms with Crippen LogP contribution in [-0.4, -0.2) is 68.4 Å². The molecule has 2 fully saturated rings. The number of oxime groups is 1. The number of sulfone groups is 1. The molecule has 6 rings (SSSR count). The first kappa shape index (κ1) is 29.0. The van der Waals surface area contributed by atoms with Crippen molar-refractivity contribution in [1.29, 1.82) is 0 Å². The van der Waals surface area contributed by atoms with Gasteiger partial charge in [0.25, 0.3) is 0 Å². The summed E-state index contributed by atoms with van der Waals surface area (Å²) in [6, 6.07) is 19.9. The molecule has 0 bridgehead atoms. The number of sulfonamides is 1. The lowest BCUT2D eigenvalue weighted by molar-refractivity contribution is 0.181. The highest BCUT2D eigenvalue weighted by Crippen LogP contribution is 2.42. The third kappa shape index (κ3) is 5.30. The second-order valence-electron chi connectivity index (χ2n) is 12.4. The number of rotatable bonds is 6. The monoisotopic (exact) mass is 607 g/mol. The van der Waals surface area contributed by atoms with Gasteiger partial charge in [-0.3, -0.25) is 4.90 Å². The Kier molecular flexibility index (Phi) is 7.54. The maximum Gasteiger partial charge on any atom is 0.243 e. The van der Waals surface area contributed by atoms with E-state index in [2.05, 4.69) is 36.0 Å². The van der Waals surface area contributed by atoms with Crippen LogP contribution >= 0.6 is 0 Å². The van der Waals surface area contributed by atoms with Crippen LogP contribution in [0.1, 0.15) is 56.2 Å². The maximum absolute atomic E-state index is 13.7. The highest BCUT2D eigenvalue weighted by Gasteiger charge is 2.37. The van der Waals surface area contributed by atoms with E-state index in [4.69, 9.17) is 0 Å². The fourth-order valence-electron chi connectivity index (χ4n) is 6.49. The molecule has 3 aliphatic rings. The SMILES string of the molecule is CC1(C)CCC(S(=O)(=O)c2ccc3c(c2)/C(=N\O)c2cc(S(=O)(=O)N4CCN(Cc5ccccc5)CC4)ccc2-3)CC1. The van der Waals surface area contributed by atoms with Crippen LogP contribution in [-0.2, 0) is 26.4 Å². The molecule has 10 heteroatoms. The van der Waals surface area contributed by atoms with Gasteiger partial charge in [-0.15, -0.1) is 0 Å². The van der Waals surface area contributed by atoms with E-state index < -0.39 is 25.1 Å². The van der Waals surface area contributed by atoms with Gasteiger partial charge in [-0.25, -0.2) is 16.8 Å². The van der Waals surface area contributed by atoms with E-state index in [1.54, 1.807) is 36.4 Å². The quantitative estimate of drug-likeness (QED) is 0.240. The van der Waals surface area contributed by atoms with Crippen LogP contribution in [0.25, 0.3) is 11.1 Å². The lowest BCUT2D eigenvalue weighted by Gasteiger charge is -2.34.